The summed E-state index contributed by atoms with van der Waals surface area (Å²) in [7, 11) is 0. The van der Waals surface area contributed by atoms with E-state index in [0.29, 0.717) is 16.8 Å². The highest BCUT2D eigenvalue weighted by Crippen LogP contribution is 2.21. The summed E-state index contributed by atoms with van der Waals surface area (Å²) in [6, 6.07) is 12.3. The van der Waals surface area contributed by atoms with E-state index < -0.39 is 5.60 Å². The largest absolute Gasteiger partial charge is 0.386 e. The first kappa shape index (κ1) is 14.2. The molecule has 0 heterocycles. The molecular weight excluding hydrogens is 257 g/mol. The molecule has 2 aromatic rings. The van der Waals surface area contributed by atoms with Crippen molar-refractivity contribution in [3.63, 3.8) is 0 Å². The zero-order valence-corrected chi connectivity index (χ0v) is 11.4. The molecule has 0 aliphatic rings. The molecule has 0 saturated carbocycles. The Labute approximate surface area is 117 Å². The predicted molar refractivity (Wildman–Crippen MR) is 76.0 cm³/mol. The third-order valence-electron chi connectivity index (χ3n) is 2.93. The molecule has 0 spiro atoms. The molecule has 4 heteroatoms. The summed E-state index contributed by atoms with van der Waals surface area (Å²) in [6.45, 7) is 3.31. The number of hydrogen-bond acceptors (Lipinski definition) is 2. The average molecular weight is 273 g/mol. The molecule has 104 valence electrons. The van der Waals surface area contributed by atoms with Crippen molar-refractivity contribution in [2.45, 2.75) is 19.4 Å². The van der Waals surface area contributed by atoms with Gasteiger partial charge in [-0.25, -0.2) is 4.39 Å². The molecule has 2 N–H and O–H groups in total. The van der Waals surface area contributed by atoms with Gasteiger partial charge >= 0.3 is 0 Å². The van der Waals surface area contributed by atoms with Crippen molar-refractivity contribution >= 4 is 11.6 Å². The van der Waals surface area contributed by atoms with Gasteiger partial charge in [-0.3, -0.25) is 4.79 Å². The first-order valence-electron chi connectivity index (χ1n) is 6.26. The maximum absolute atomic E-state index is 12.8. The highest BCUT2D eigenvalue weighted by atomic mass is 19.1. The van der Waals surface area contributed by atoms with Gasteiger partial charge in [0.05, 0.1) is 5.60 Å². The van der Waals surface area contributed by atoms with Crippen LogP contribution in [0.2, 0.25) is 0 Å². The Kier molecular flexibility index (Phi) is 3.86. The standard InChI is InChI=1S/C16H16FNO2/c1-16(2,20)12-5-3-4-11(10-12)15(19)18-14-8-6-13(17)7-9-14/h3-10,20H,1-2H3,(H,18,19). The fraction of sp³-hybridized carbons (Fsp3) is 0.188. The maximum atomic E-state index is 12.8. The van der Waals surface area contributed by atoms with Crippen LogP contribution in [0.1, 0.15) is 29.8 Å². The molecule has 0 saturated heterocycles. The number of hydrogen-bond donors (Lipinski definition) is 2. The Hall–Kier alpha value is -2.20. The molecule has 0 unspecified atom stereocenters. The molecule has 2 rings (SSSR count). The Morgan fingerprint density at radius 1 is 1.15 bits per heavy atom. The maximum Gasteiger partial charge on any atom is 0.255 e. The van der Waals surface area contributed by atoms with Crippen LogP contribution in [0, 0.1) is 5.82 Å². The van der Waals surface area contributed by atoms with Gasteiger partial charge in [-0.15, -0.1) is 0 Å². The van der Waals surface area contributed by atoms with E-state index in [1.807, 2.05) is 0 Å². The van der Waals surface area contributed by atoms with E-state index >= 15 is 0 Å². The molecule has 0 atom stereocenters. The number of rotatable bonds is 3. The van der Waals surface area contributed by atoms with E-state index in [1.165, 1.54) is 24.3 Å². The first-order valence-corrected chi connectivity index (χ1v) is 6.26. The third-order valence-corrected chi connectivity index (χ3v) is 2.93. The molecule has 0 aliphatic carbocycles. The fourth-order valence-electron chi connectivity index (χ4n) is 1.78. The number of anilines is 1. The molecule has 0 radical (unpaired) electrons. The number of nitrogens with one attached hydrogen (secondary N) is 1. The molecule has 0 aromatic heterocycles. The lowest BCUT2D eigenvalue weighted by Gasteiger charge is -2.18. The SMILES string of the molecule is CC(C)(O)c1cccc(C(=O)Nc2ccc(F)cc2)c1. The monoisotopic (exact) mass is 273 g/mol. The molecule has 0 aliphatic heterocycles. The summed E-state index contributed by atoms with van der Waals surface area (Å²) in [5.41, 5.74) is 0.606. The Morgan fingerprint density at radius 2 is 1.80 bits per heavy atom. The van der Waals surface area contributed by atoms with Crippen LogP contribution < -0.4 is 5.32 Å². The summed E-state index contributed by atoms with van der Waals surface area (Å²) in [5.74, 6) is -0.658. The third kappa shape index (κ3) is 3.42. The van der Waals surface area contributed by atoms with E-state index in [9.17, 15) is 14.3 Å². The fourth-order valence-corrected chi connectivity index (χ4v) is 1.78. The topological polar surface area (TPSA) is 49.3 Å². The van der Waals surface area contributed by atoms with Crippen LogP contribution in [0.15, 0.2) is 48.5 Å². The number of amides is 1. The number of carbonyl (C=O) groups is 1. The second kappa shape index (κ2) is 5.43. The van der Waals surface area contributed by atoms with Crippen molar-refractivity contribution in [1.82, 2.24) is 0 Å². The van der Waals surface area contributed by atoms with Crippen LogP contribution in [0.3, 0.4) is 0 Å². The first-order chi connectivity index (χ1) is 9.36. The van der Waals surface area contributed by atoms with Crippen molar-refractivity contribution in [2.24, 2.45) is 0 Å². The second-order valence-corrected chi connectivity index (χ2v) is 5.10. The lowest BCUT2D eigenvalue weighted by molar-refractivity contribution is 0.0785. The van der Waals surface area contributed by atoms with Gasteiger partial charge in [0.25, 0.3) is 5.91 Å². The molecule has 0 fully saturated rings. The number of aliphatic hydroxyl groups is 1. The Balaban J connectivity index is 2.19. The zero-order chi connectivity index (χ0) is 14.8. The van der Waals surface area contributed by atoms with Gasteiger partial charge < -0.3 is 10.4 Å². The van der Waals surface area contributed by atoms with Crippen LogP contribution >= 0.6 is 0 Å². The molecular formula is C16H16FNO2. The number of carbonyl (C=O) groups excluding carboxylic acids is 1. The minimum atomic E-state index is -1.01. The van der Waals surface area contributed by atoms with E-state index in [2.05, 4.69) is 5.32 Å². The van der Waals surface area contributed by atoms with Crippen molar-refractivity contribution < 1.29 is 14.3 Å². The summed E-state index contributed by atoms with van der Waals surface area (Å²) in [5, 5.41) is 12.6. The predicted octanol–water partition coefficient (Wildman–Crippen LogP) is 3.31. The highest BCUT2D eigenvalue weighted by molar-refractivity contribution is 6.04. The Bertz CT molecular complexity index is 615. The molecule has 1 amide bonds. The minimum absolute atomic E-state index is 0.303. The minimum Gasteiger partial charge on any atom is -0.386 e. The van der Waals surface area contributed by atoms with Gasteiger partial charge in [-0.1, -0.05) is 12.1 Å². The van der Waals surface area contributed by atoms with Gasteiger partial charge in [-0.2, -0.15) is 0 Å². The summed E-state index contributed by atoms with van der Waals surface area (Å²) >= 11 is 0. The quantitative estimate of drug-likeness (QED) is 0.901. The van der Waals surface area contributed by atoms with E-state index in [4.69, 9.17) is 0 Å². The van der Waals surface area contributed by atoms with Crippen LogP contribution in [0.25, 0.3) is 0 Å². The van der Waals surface area contributed by atoms with Gasteiger partial charge in [0.1, 0.15) is 5.82 Å². The smallest absolute Gasteiger partial charge is 0.255 e. The van der Waals surface area contributed by atoms with Gasteiger partial charge in [0.2, 0.25) is 0 Å². The Morgan fingerprint density at radius 3 is 2.40 bits per heavy atom. The van der Waals surface area contributed by atoms with Gasteiger partial charge in [-0.05, 0) is 55.8 Å². The van der Waals surface area contributed by atoms with Crippen molar-refractivity contribution in [3.8, 4) is 0 Å². The summed E-state index contributed by atoms with van der Waals surface area (Å²) < 4.78 is 12.8. The van der Waals surface area contributed by atoms with E-state index in [0.717, 1.165) is 0 Å². The van der Waals surface area contributed by atoms with E-state index in [-0.39, 0.29) is 11.7 Å². The van der Waals surface area contributed by atoms with Crippen molar-refractivity contribution in [1.29, 1.82) is 0 Å². The normalized spacial score (nSPS) is 11.2. The number of benzene rings is 2. The van der Waals surface area contributed by atoms with Crippen LogP contribution in [0.5, 0.6) is 0 Å². The molecule has 2 aromatic carbocycles. The highest BCUT2D eigenvalue weighted by Gasteiger charge is 2.17. The average Bonchev–Trinajstić information content (AvgIpc) is 2.40. The molecule has 0 bridgehead atoms. The van der Waals surface area contributed by atoms with Gasteiger partial charge in [0, 0.05) is 11.3 Å². The second-order valence-electron chi connectivity index (χ2n) is 5.10. The molecule has 3 nitrogen and oxygen atoms in total. The molecule has 20 heavy (non-hydrogen) atoms. The van der Waals surface area contributed by atoms with Gasteiger partial charge in [0.15, 0.2) is 0 Å². The number of halogens is 1. The van der Waals surface area contributed by atoms with Crippen LogP contribution in [0.4, 0.5) is 10.1 Å². The van der Waals surface area contributed by atoms with E-state index in [1.54, 1.807) is 38.1 Å². The van der Waals surface area contributed by atoms with Crippen molar-refractivity contribution in [3.05, 3.63) is 65.5 Å². The lowest BCUT2D eigenvalue weighted by Crippen LogP contribution is -2.18. The summed E-state index contributed by atoms with van der Waals surface area (Å²) in [6.07, 6.45) is 0. The zero-order valence-electron chi connectivity index (χ0n) is 11.4. The van der Waals surface area contributed by atoms with Crippen LogP contribution in [-0.2, 0) is 5.60 Å². The van der Waals surface area contributed by atoms with Crippen molar-refractivity contribution in [2.75, 3.05) is 5.32 Å². The lowest BCUT2D eigenvalue weighted by atomic mass is 9.96. The summed E-state index contributed by atoms with van der Waals surface area (Å²) in [4.78, 5) is 12.1. The van der Waals surface area contributed by atoms with Crippen LogP contribution in [-0.4, -0.2) is 11.0 Å².